The van der Waals surface area contributed by atoms with Crippen molar-refractivity contribution < 1.29 is 23.1 Å². The summed E-state index contributed by atoms with van der Waals surface area (Å²) in [5.74, 6) is -1.79. The van der Waals surface area contributed by atoms with Gasteiger partial charge < -0.3 is 10.1 Å². The normalized spacial score (nSPS) is 10.3. The van der Waals surface area contributed by atoms with Gasteiger partial charge in [-0.25, -0.2) is 8.78 Å². The van der Waals surface area contributed by atoms with Gasteiger partial charge in [0.25, 0.3) is 5.91 Å². The number of carbonyl (C=O) groups is 2. The molecule has 0 aliphatic rings. The number of hydrogen-bond acceptors (Lipinski definition) is 3. The van der Waals surface area contributed by atoms with E-state index in [1.165, 1.54) is 0 Å². The molecule has 0 saturated carbocycles. The van der Waals surface area contributed by atoms with Crippen LogP contribution in [-0.2, 0) is 4.79 Å². The van der Waals surface area contributed by atoms with Crippen LogP contribution in [0.4, 0.5) is 14.5 Å². The van der Waals surface area contributed by atoms with Crippen LogP contribution < -0.4 is 10.1 Å². The molecule has 0 spiro atoms. The van der Waals surface area contributed by atoms with Crippen molar-refractivity contribution in [3.8, 4) is 5.75 Å². The maximum atomic E-state index is 13.5. The molecule has 4 nitrogen and oxygen atoms in total. The van der Waals surface area contributed by atoms with Crippen molar-refractivity contribution in [1.29, 1.82) is 0 Å². The second-order valence-corrected chi connectivity index (χ2v) is 5.68. The first kappa shape index (κ1) is 18.3. The average molecular weight is 367 g/mol. The van der Waals surface area contributed by atoms with Gasteiger partial charge in [-0.05, 0) is 36.4 Å². The number of hydrogen-bond donors (Lipinski definition) is 1. The van der Waals surface area contributed by atoms with Crippen molar-refractivity contribution in [2.24, 2.45) is 0 Å². The molecule has 0 unspecified atom stereocenters. The summed E-state index contributed by atoms with van der Waals surface area (Å²) >= 11 is 0. The summed E-state index contributed by atoms with van der Waals surface area (Å²) in [7, 11) is 0. The minimum atomic E-state index is -0.742. The van der Waals surface area contributed by atoms with Crippen LogP contribution in [0.2, 0.25) is 0 Å². The quantitative estimate of drug-likeness (QED) is 0.664. The van der Waals surface area contributed by atoms with Gasteiger partial charge in [0.15, 0.2) is 12.4 Å². The number of carbonyl (C=O) groups excluding carboxylic acids is 2. The first-order valence-corrected chi connectivity index (χ1v) is 8.10. The number of benzene rings is 3. The summed E-state index contributed by atoms with van der Waals surface area (Å²) in [5.41, 5.74) is 0.801. The molecule has 0 atom stereocenters. The third-order valence-corrected chi connectivity index (χ3v) is 3.72. The maximum Gasteiger partial charge on any atom is 0.262 e. The molecule has 6 heteroatoms. The van der Waals surface area contributed by atoms with Gasteiger partial charge >= 0.3 is 0 Å². The fourth-order valence-corrected chi connectivity index (χ4v) is 2.39. The van der Waals surface area contributed by atoms with E-state index >= 15 is 0 Å². The van der Waals surface area contributed by atoms with E-state index in [1.807, 2.05) is 6.07 Å². The molecule has 0 aromatic heterocycles. The van der Waals surface area contributed by atoms with E-state index in [0.717, 1.165) is 18.2 Å². The van der Waals surface area contributed by atoms with Crippen LogP contribution in [0.5, 0.6) is 5.75 Å². The Labute approximate surface area is 154 Å². The SMILES string of the molecule is O=C(COc1ccc(C(=O)c2ccccc2)cc1)Nc1cc(F)ccc1F. The Morgan fingerprint density at radius 3 is 2.22 bits per heavy atom. The summed E-state index contributed by atoms with van der Waals surface area (Å²) < 4.78 is 31.9. The topological polar surface area (TPSA) is 55.4 Å². The number of ketones is 1. The highest BCUT2D eigenvalue weighted by atomic mass is 19.1. The Morgan fingerprint density at radius 2 is 1.52 bits per heavy atom. The number of halogens is 2. The number of anilines is 1. The molecule has 3 rings (SSSR count). The molecule has 3 aromatic carbocycles. The summed E-state index contributed by atoms with van der Waals surface area (Å²) in [6.45, 7) is -0.387. The Kier molecular flexibility index (Phi) is 5.56. The molecule has 0 aliphatic carbocycles. The highest BCUT2D eigenvalue weighted by molar-refractivity contribution is 6.09. The van der Waals surface area contributed by atoms with Gasteiger partial charge in [-0.2, -0.15) is 0 Å². The molecule has 0 heterocycles. The highest BCUT2D eigenvalue weighted by Gasteiger charge is 2.11. The van der Waals surface area contributed by atoms with E-state index < -0.39 is 17.5 Å². The van der Waals surface area contributed by atoms with Crippen molar-refractivity contribution in [3.63, 3.8) is 0 Å². The van der Waals surface area contributed by atoms with Crippen molar-refractivity contribution >= 4 is 17.4 Å². The molecule has 0 aliphatic heterocycles. The average Bonchev–Trinajstić information content (AvgIpc) is 2.70. The minimum absolute atomic E-state index is 0.124. The highest BCUT2D eigenvalue weighted by Crippen LogP contribution is 2.17. The third-order valence-electron chi connectivity index (χ3n) is 3.72. The predicted molar refractivity (Wildman–Crippen MR) is 96.8 cm³/mol. The smallest absolute Gasteiger partial charge is 0.262 e. The largest absolute Gasteiger partial charge is 0.484 e. The first-order chi connectivity index (χ1) is 13.0. The van der Waals surface area contributed by atoms with Crippen LogP contribution in [0, 0.1) is 11.6 Å². The lowest BCUT2D eigenvalue weighted by Crippen LogP contribution is -2.20. The Balaban J connectivity index is 1.58. The Hall–Kier alpha value is -3.54. The molecular weight excluding hydrogens is 352 g/mol. The Bertz CT molecular complexity index is 957. The van der Waals surface area contributed by atoms with E-state index in [0.29, 0.717) is 16.9 Å². The lowest BCUT2D eigenvalue weighted by atomic mass is 10.0. The van der Waals surface area contributed by atoms with Crippen molar-refractivity contribution in [2.75, 3.05) is 11.9 Å². The molecule has 1 N–H and O–H groups in total. The molecule has 0 radical (unpaired) electrons. The fourth-order valence-electron chi connectivity index (χ4n) is 2.39. The standard InChI is InChI=1S/C21H15F2NO3/c22-16-8-11-18(23)19(12-16)24-20(25)13-27-17-9-6-15(7-10-17)21(26)14-4-2-1-3-5-14/h1-12H,13H2,(H,24,25). The Morgan fingerprint density at radius 1 is 0.852 bits per heavy atom. The number of ether oxygens (including phenoxy) is 1. The molecule has 0 fully saturated rings. The van der Waals surface area contributed by atoms with Gasteiger partial charge in [0.05, 0.1) is 5.69 Å². The van der Waals surface area contributed by atoms with Gasteiger partial charge in [0, 0.05) is 17.2 Å². The van der Waals surface area contributed by atoms with E-state index in [4.69, 9.17) is 4.74 Å². The lowest BCUT2D eigenvalue weighted by molar-refractivity contribution is -0.118. The third kappa shape index (κ3) is 4.76. The second kappa shape index (κ2) is 8.23. The zero-order valence-corrected chi connectivity index (χ0v) is 14.1. The van der Waals surface area contributed by atoms with Crippen molar-refractivity contribution in [3.05, 3.63) is 95.6 Å². The van der Waals surface area contributed by atoms with Gasteiger partial charge in [-0.15, -0.1) is 0 Å². The maximum absolute atomic E-state index is 13.5. The summed E-state index contributed by atoms with van der Waals surface area (Å²) in [4.78, 5) is 24.1. The zero-order valence-electron chi connectivity index (χ0n) is 14.1. The molecule has 0 bridgehead atoms. The van der Waals surface area contributed by atoms with Crippen LogP contribution in [0.3, 0.4) is 0 Å². The zero-order chi connectivity index (χ0) is 19.2. The van der Waals surface area contributed by atoms with Crippen molar-refractivity contribution in [1.82, 2.24) is 0 Å². The monoisotopic (exact) mass is 367 g/mol. The van der Waals surface area contributed by atoms with E-state index in [2.05, 4.69) is 5.32 Å². The van der Waals surface area contributed by atoms with Crippen LogP contribution >= 0.6 is 0 Å². The molecule has 0 saturated heterocycles. The van der Waals surface area contributed by atoms with Gasteiger partial charge in [-0.3, -0.25) is 9.59 Å². The summed E-state index contributed by atoms with van der Waals surface area (Å²) in [6.07, 6.45) is 0. The number of rotatable bonds is 6. The van der Waals surface area contributed by atoms with Crippen LogP contribution in [0.1, 0.15) is 15.9 Å². The lowest BCUT2D eigenvalue weighted by Gasteiger charge is -2.09. The molecule has 1 amide bonds. The van der Waals surface area contributed by atoms with Crippen LogP contribution in [0.15, 0.2) is 72.8 Å². The summed E-state index contributed by atoms with van der Waals surface area (Å²) in [6, 6.07) is 17.9. The molecule has 136 valence electrons. The molecule has 27 heavy (non-hydrogen) atoms. The number of amides is 1. The van der Waals surface area contributed by atoms with Crippen LogP contribution in [0.25, 0.3) is 0 Å². The van der Waals surface area contributed by atoms with E-state index in [9.17, 15) is 18.4 Å². The van der Waals surface area contributed by atoms with Crippen LogP contribution in [-0.4, -0.2) is 18.3 Å². The second-order valence-electron chi connectivity index (χ2n) is 5.68. The molecular formula is C21H15F2NO3. The van der Waals surface area contributed by atoms with Crippen molar-refractivity contribution in [2.45, 2.75) is 0 Å². The van der Waals surface area contributed by atoms with Gasteiger partial charge in [0.1, 0.15) is 17.4 Å². The van der Waals surface area contributed by atoms with Gasteiger partial charge in [0.2, 0.25) is 0 Å². The predicted octanol–water partition coefficient (Wildman–Crippen LogP) is 4.21. The number of nitrogens with one attached hydrogen (secondary N) is 1. The molecule has 3 aromatic rings. The van der Waals surface area contributed by atoms with E-state index in [-0.39, 0.29) is 18.1 Å². The summed E-state index contributed by atoms with van der Waals surface area (Å²) in [5, 5.41) is 2.24. The minimum Gasteiger partial charge on any atom is -0.484 e. The van der Waals surface area contributed by atoms with E-state index in [1.54, 1.807) is 48.5 Å². The first-order valence-electron chi connectivity index (χ1n) is 8.10. The van der Waals surface area contributed by atoms with Gasteiger partial charge in [-0.1, -0.05) is 30.3 Å². The fraction of sp³-hybridized carbons (Fsp3) is 0.0476.